The smallest absolute Gasteiger partial charge is 0.343 e. The van der Waals surface area contributed by atoms with Crippen LogP contribution < -0.4 is 5.32 Å². The first-order valence-electron chi connectivity index (χ1n) is 5.21. The molecule has 94 valence electrons. The summed E-state index contributed by atoms with van der Waals surface area (Å²) < 4.78 is 5.09. The molecule has 0 aromatic carbocycles. The van der Waals surface area contributed by atoms with Gasteiger partial charge in [-0.25, -0.2) is 0 Å². The fourth-order valence-electron chi connectivity index (χ4n) is 1.13. The molecule has 8 heteroatoms. The second kappa shape index (κ2) is 6.59. The van der Waals surface area contributed by atoms with Gasteiger partial charge in [-0.3, -0.25) is 4.79 Å². The van der Waals surface area contributed by atoms with Gasteiger partial charge in [0.25, 0.3) is 5.91 Å². The van der Waals surface area contributed by atoms with Gasteiger partial charge < -0.3 is 20.2 Å². The lowest BCUT2D eigenvalue weighted by atomic mass is 10.3. The van der Waals surface area contributed by atoms with Crippen LogP contribution in [0.2, 0.25) is 0 Å². The van der Waals surface area contributed by atoms with Crippen molar-refractivity contribution in [2.24, 2.45) is 0 Å². The lowest BCUT2D eigenvalue weighted by Gasteiger charge is -2.02. The van der Waals surface area contributed by atoms with Crippen LogP contribution in [0.3, 0.4) is 0 Å². The highest BCUT2D eigenvalue weighted by Crippen LogP contribution is 2.07. The van der Waals surface area contributed by atoms with Gasteiger partial charge in [0.15, 0.2) is 5.69 Å². The second-order valence-corrected chi connectivity index (χ2v) is 3.20. The zero-order valence-corrected chi connectivity index (χ0v) is 9.43. The van der Waals surface area contributed by atoms with Crippen molar-refractivity contribution in [3.05, 3.63) is 21.9 Å². The molecule has 0 saturated carbocycles. The first-order chi connectivity index (χ1) is 8.15. The molecule has 0 aliphatic carbocycles. The summed E-state index contributed by atoms with van der Waals surface area (Å²) in [7, 11) is 0. The maximum Gasteiger partial charge on any atom is 0.343 e. The molecule has 0 bridgehead atoms. The number of nitrogens with zero attached hydrogens (tertiary/aromatic N) is 2. The minimum absolute atomic E-state index is 0.00751. The summed E-state index contributed by atoms with van der Waals surface area (Å²) in [4.78, 5) is 21.2. The van der Waals surface area contributed by atoms with Crippen molar-refractivity contribution >= 4 is 11.7 Å². The summed E-state index contributed by atoms with van der Waals surface area (Å²) in [6, 6.07) is 1.10. The fraction of sp³-hybridized carbons (Fsp3) is 0.556. The van der Waals surface area contributed by atoms with Crippen LogP contribution in [-0.2, 0) is 4.74 Å². The van der Waals surface area contributed by atoms with Gasteiger partial charge in [-0.2, -0.15) is 0 Å². The van der Waals surface area contributed by atoms with Gasteiger partial charge in [-0.15, -0.1) is 5.10 Å². The molecule has 1 rings (SSSR count). The molecule has 1 amide bonds. The Morgan fingerprint density at radius 3 is 3.06 bits per heavy atom. The number of nitro groups is 1. The number of nitrogens with one attached hydrogen (secondary N) is 2. The maximum atomic E-state index is 11.5. The lowest BCUT2D eigenvalue weighted by Crippen LogP contribution is -2.25. The fourth-order valence-corrected chi connectivity index (χ4v) is 1.13. The minimum atomic E-state index is -0.640. The van der Waals surface area contributed by atoms with Gasteiger partial charge in [0.05, 0.1) is 6.07 Å². The number of carbonyl (C=O) groups excluding carboxylic acids is 1. The van der Waals surface area contributed by atoms with E-state index in [-0.39, 0.29) is 11.5 Å². The van der Waals surface area contributed by atoms with Crippen LogP contribution in [0.5, 0.6) is 0 Å². The number of ether oxygens (including phenoxy) is 1. The van der Waals surface area contributed by atoms with Gasteiger partial charge in [-0.1, -0.05) is 5.10 Å². The Kier molecular flexibility index (Phi) is 5.08. The summed E-state index contributed by atoms with van der Waals surface area (Å²) in [6.45, 7) is 3.54. The molecule has 0 atom stereocenters. The van der Waals surface area contributed by atoms with E-state index in [1.165, 1.54) is 0 Å². The predicted octanol–water partition coefficient (Wildman–Crippen LogP) is 0.474. The van der Waals surface area contributed by atoms with Gasteiger partial charge in [0.1, 0.15) is 0 Å². The topological polar surface area (TPSA) is 110 Å². The molecule has 0 fully saturated rings. The van der Waals surface area contributed by atoms with Gasteiger partial charge in [0, 0.05) is 19.8 Å². The highest BCUT2D eigenvalue weighted by molar-refractivity contribution is 5.92. The average molecular weight is 242 g/mol. The van der Waals surface area contributed by atoms with E-state index in [0.29, 0.717) is 26.2 Å². The molecule has 0 saturated heterocycles. The van der Waals surface area contributed by atoms with Crippen molar-refractivity contribution < 1.29 is 14.5 Å². The standard InChI is InChI=1S/C9H14N4O4/c1-2-17-5-3-4-10-9(14)7-6-8(12-11-7)13(15)16/h6H,2-5H2,1H3,(H,10,14)(H,11,12). The summed E-state index contributed by atoms with van der Waals surface area (Å²) in [5, 5.41) is 18.6. The van der Waals surface area contributed by atoms with Crippen molar-refractivity contribution in [2.75, 3.05) is 19.8 Å². The number of hydrogen-bond acceptors (Lipinski definition) is 5. The van der Waals surface area contributed by atoms with Crippen molar-refractivity contribution in [1.29, 1.82) is 0 Å². The number of aromatic amines is 1. The highest BCUT2D eigenvalue weighted by atomic mass is 16.6. The Balaban J connectivity index is 2.34. The van der Waals surface area contributed by atoms with Crippen LogP contribution in [0.25, 0.3) is 0 Å². The molecule has 0 spiro atoms. The number of aromatic nitrogens is 2. The molecular weight excluding hydrogens is 228 g/mol. The van der Waals surface area contributed by atoms with Crippen molar-refractivity contribution in [3.63, 3.8) is 0 Å². The van der Waals surface area contributed by atoms with Gasteiger partial charge in [-0.05, 0) is 18.3 Å². The van der Waals surface area contributed by atoms with Crippen LogP contribution in [0.1, 0.15) is 23.8 Å². The van der Waals surface area contributed by atoms with E-state index < -0.39 is 10.8 Å². The normalized spacial score (nSPS) is 10.2. The number of amides is 1. The Morgan fingerprint density at radius 1 is 1.71 bits per heavy atom. The van der Waals surface area contributed by atoms with Crippen LogP contribution in [0.15, 0.2) is 6.07 Å². The molecule has 0 radical (unpaired) electrons. The van der Waals surface area contributed by atoms with E-state index in [9.17, 15) is 14.9 Å². The summed E-state index contributed by atoms with van der Waals surface area (Å²) in [5.41, 5.74) is 0.00751. The quantitative estimate of drug-likeness (QED) is 0.410. The highest BCUT2D eigenvalue weighted by Gasteiger charge is 2.15. The van der Waals surface area contributed by atoms with E-state index >= 15 is 0 Å². The molecule has 1 aromatic heterocycles. The molecular formula is C9H14N4O4. The average Bonchev–Trinajstić information content (AvgIpc) is 2.78. The van der Waals surface area contributed by atoms with E-state index in [1.54, 1.807) is 0 Å². The molecule has 1 aromatic rings. The first kappa shape index (κ1) is 13.1. The maximum absolute atomic E-state index is 11.5. The molecule has 0 aliphatic rings. The zero-order valence-electron chi connectivity index (χ0n) is 9.43. The number of hydrogen-bond donors (Lipinski definition) is 2. The van der Waals surface area contributed by atoms with Gasteiger partial charge >= 0.3 is 5.82 Å². The number of carbonyl (C=O) groups is 1. The van der Waals surface area contributed by atoms with Crippen LogP contribution in [-0.4, -0.2) is 40.8 Å². The molecule has 2 N–H and O–H groups in total. The Bertz CT molecular complexity index is 390. The third-order valence-corrected chi connectivity index (χ3v) is 1.95. The summed E-state index contributed by atoms with van der Waals surface area (Å²) >= 11 is 0. The number of rotatable bonds is 7. The van der Waals surface area contributed by atoms with E-state index in [0.717, 1.165) is 6.07 Å². The first-order valence-corrected chi connectivity index (χ1v) is 5.21. The SMILES string of the molecule is CCOCCCNC(=O)c1cc([N+](=O)[O-])[nH]n1. The Morgan fingerprint density at radius 2 is 2.47 bits per heavy atom. The minimum Gasteiger partial charge on any atom is -0.382 e. The Labute approximate surface area is 97.5 Å². The van der Waals surface area contributed by atoms with Crippen molar-refractivity contribution in [3.8, 4) is 0 Å². The van der Waals surface area contributed by atoms with Gasteiger partial charge in [0.2, 0.25) is 0 Å². The monoisotopic (exact) mass is 242 g/mol. The van der Waals surface area contributed by atoms with Crippen molar-refractivity contribution in [1.82, 2.24) is 15.5 Å². The molecule has 1 heterocycles. The van der Waals surface area contributed by atoms with Crippen LogP contribution in [0.4, 0.5) is 5.82 Å². The molecule has 0 aliphatic heterocycles. The second-order valence-electron chi connectivity index (χ2n) is 3.20. The zero-order chi connectivity index (χ0) is 12.7. The summed E-state index contributed by atoms with van der Waals surface area (Å²) in [6.07, 6.45) is 0.687. The largest absolute Gasteiger partial charge is 0.382 e. The Hall–Kier alpha value is -1.96. The van der Waals surface area contributed by atoms with E-state index in [1.807, 2.05) is 6.92 Å². The van der Waals surface area contributed by atoms with Crippen LogP contribution in [0, 0.1) is 10.1 Å². The third-order valence-electron chi connectivity index (χ3n) is 1.95. The van der Waals surface area contributed by atoms with Crippen LogP contribution >= 0.6 is 0 Å². The predicted molar refractivity (Wildman–Crippen MR) is 58.7 cm³/mol. The lowest BCUT2D eigenvalue weighted by molar-refractivity contribution is -0.389. The van der Waals surface area contributed by atoms with E-state index in [4.69, 9.17) is 4.74 Å². The van der Waals surface area contributed by atoms with E-state index in [2.05, 4.69) is 15.5 Å². The molecule has 17 heavy (non-hydrogen) atoms. The van der Waals surface area contributed by atoms with Crippen molar-refractivity contribution in [2.45, 2.75) is 13.3 Å². The number of H-pyrrole nitrogens is 1. The summed E-state index contributed by atoms with van der Waals surface area (Å²) in [5.74, 6) is -0.740. The molecule has 8 nitrogen and oxygen atoms in total. The third kappa shape index (κ3) is 4.19. The molecule has 0 unspecified atom stereocenters.